The molecule has 0 aliphatic carbocycles. The summed E-state index contributed by atoms with van der Waals surface area (Å²) in [6, 6.07) is 8.92. The average molecular weight is 383 g/mol. The molecule has 122 valence electrons. The highest BCUT2D eigenvalue weighted by Crippen LogP contribution is 2.33. The van der Waals surface area contributed by atoms with Crippen LogP contribution < -0.4 is 14.2 Å². The lowest BCUT2D eigenvalue weighted by atomic mass is 10.1. The fourth-order valence-corrected chi connectivity index (χ4v) is 2.53. The molecule has 23 heavy (non-hydrogen) atoms. The molecule has 0 unspecified atom stereocenters. The lowest BCUT2D eigenvalue weighted by Crippen LogP contribution is -2.09. The zero-order chi connectivity index (χ0) is 16.8. The van der Waals surface area contributed by atoms with E-state index < -0.39 is 5.97 Å². The molecule has 0 aliphatic heterocycles. The summed E-state index contributed by atoms with van der Waals surface area (Å²) in [6.07, 6.45) is 0.659. The molecule has 0 atom stereocenters. The normalized spacial score (nSPS) is 10.3. The molecule has 6 heteroatoms. The molecular weight excluding hydrogens is 367 g/mol. The number of hydrogen-bond acceptors (Lipinski definition) is 4. The van der Waals surface area contributed by atoms with Crippen molar-refractivity contribution in [2.45, 2.75) is 12.8 Å². The molecule has 0 saturated carbocycles. The van der Waals surface area contributed by atoms with Gasteiger partial charge in [0.05, 0.1) is 20.6 Å². The van der Waals surface area contributed by atoms with Gasteiger partial charge in [-0.25, -0.2) is 4.39 Å². The van der Waals surface area contributed by atoms with Gasteiger partial charge in [-0.2, -0.15) is 0 Å². The molecule has 0 spiro atoms. The highest BCUT2D eigenvalue weighted by Gasteiger charge is 2.12. The second kappa shape index (κ2) is 7.97. The second-order valence-corrected chi connectivity index (χ2v) is 5.58. The van der Waals surface area contributed by atoms with Crippen LogP contribution in [0.15, 0.2) is 40.9 Å². The highest BCUT2D eigenvalue weighted by molar-refractivity contribution is 9.10. The summed E-state index contributed by atoms with van der Waals surface area (Å²) >= 11 is 3.45. The van der Waals surface area contributed by atoms with Crippen LogP contribution in [0, 0.1) is 5.82 Å². The summed E-state index contributed by atoms with van der Waals surface area (Å²) in [5, 5.41) is 0. The minimum Gasteiger partial charge on any atom is -0.493 e. The number of carbonyl (C=O) groups is 1. The molecule has 0 saturated heterocycles. The van der Waals surface area contributed by atoms with E-state index in [2.05, 4.69) is 15.9 Å². The first-order valence-corrected chi connectivity index (χ1v) is 7.69. The van der Waals surface area contributed by atoms with Crippen molar-refractivity contribution in [2.24, 2.45) is 0 Å². The Morgan fingerprint density at radius 1 is 1.09 bits per heavy atom. The second-order valence-electron chi connectivity index (χ2n) is 4.73. The lowest BCUT2D eigenvalue weighted by molar-refractivity contribution is -0.134. The van der Waals surface area contributed by atoms with Crippen LogP contribution in [-0.4, -0.2) is 20.2 Å². The van der Waals surface area contributed by atoms with Crippen LogP contribution >= 0.6 is 15.9 Å². The van der Waals surface area contributed by atoms with Crippen LogP contribution in [0.2, 0.25) is 0 Å². The smallest absolute Gasteiger partial charge is 0.311 e. The van der Waals surface area contributed by atoms with E-state index in [9.17, 15) is 9.18 Å². The summed E-state index contributed by atoms with van der Waals surface area (Å²) < 4.78 is 29.2. The van der Waals surface area contributed by atoms with E-state index in [0.717, 1.165) is 10.0 Å². The minimum absolute atomic E-state index is 0.186. The van der Waals surface area contributed by atoms with Crippen molar-refractivity contribution in [3.63, 3.8) is 0 Å². The van der Waals surface area contributed by atoms with Crippen LogP contribution in [0.25, 0.3) is 0 Å². The highest BCUT2D eigenvalue weighted by atomic mass is 79.9. The van der Waals surface area contributed by atoms with Crippen molar-refractivity contribution < 1.29 is 23.4 Å². The Balaban J connectivity index is 1.99. The minimum atomic E-state index is -0.390. The average Bonchev–Trinajstić information content (AvgIpc) is 2.55. The monoisotopic (exact) mass is 382 g/mol. The topological polar surface area (TPSA) is 44.8 Å². The van der Waals surface area contributed by atoms with Gasteiger partial charge in [-0.15, -0.1) is 0 Å². The predicted molar refractivity (Wildman–Crippen MR) is 87.6 cm³/mol. The van der Waals surface area contributed by atoms with Gasteiger partial charge in [0.2, 0.25) is 0 Å². The van der Waals surface area contributed by atoms with Gasteiger partial charge in [0, 0.05) is 4.47 Å². The number of benzene rings is 2. The van der Waals surface area contributed by atoms with Gasteiger partial charge in [0.15, 0.2) is 11.5 Å². The van der Waals surface area contributed by atoms with Gasteiger partial charge in [-0.3, -0.25) is 4.79 Å². The van der Waals surface area contributed by atoms with Gasteiger partial charge in [0.25, 0.3) is 0 Å². The fraction of sp³-hybridized carbons (Fsp3) is 0.235. The number of ether oxygens (including phenoxy) is 3. The molecule has 0 N–H and O–H groups in total. The molecule has 0 heterocycles. The molecule has 4 nitrogen and oxygen atoms in total. The number of rotatable bonds is 6. The van der Waals surface area contributed by atoms with Gasteiger partial charge >= 0.3 is 5.97 Å². The van der Waals surface area contributed by atoms with Crippen molar-refractivity contribution >= 4 is 21.9 Å². The third kappa shape index (κ3) is 4.69. The predicted octanol–water partition coefficient (Wildman–Crippen LogP) is 4.14. The largest absolute Gasteiger partial charge is 0.493 e. The number of methoxy groups -OCH3 is 2. The van der Waals surface area contributed by atoms with E-state index in [1.807, 2.05) is 6.07 Å². The molecule has 0 fully saturated rings. The molecule has 2 aromatic carbocycles. The molecule has 0 amide bonds. The lowest BCUT2D eigenvalue weighted by Gasteiger charge is -2.11. The van der Waals surface area contributed by atoms with Gasteiger partial charge < -0.3 is 14.2 Å². The van der Waals surface area contributed by atoms with E-state index in [0.29, 0.717) is 23.7 Å². The summed E-state index contributed by atoms with van der Waals surface area (Å²) in [6.45, 7) is 0. The number of aryl methyl sites for hydroxylation is 1. The first-order chi connectivity index (χ1) is 11.0. The standard InChI is InChI=1S/C17H16BrFO4/c1-21-15-9-11(14(18)10-16(15)22-2)3-8-17(20)23-13-6-4-12(19)5-7-13/h4-7,9-10H,3,8H2,1-2H3. The molecule has 0 aromatic heterocycles. The maximum Gasteiger partial charge on any atom is 0.311 e. The third-order valence-electron chi connectivity index (χ3n) is 3.20. The molecular formula is C17H16BrFO4. The Morgan fingerprint density at radius 3 is 2.30 bits per heavy atom. The van der Waals surface area contributed by atoms with Crippen molar-refractivity contribution in [2.75, 3.05) is 14.2 Å². The maximum atomic E-state index is 12.8. The molecule has 0 bridgehead atoms. The van der Waals surface area contributed by atoms with Crippen molar-refractivity contribution in [3.05, 3.63) is 52.3 Å². The first-order valence-electron chi connectivity index (χ1n) is 6.90. The van der Waals surface area contributed by atoms with Crippen LogP contribution in [0.1, 0.15) is 12.0 Å². The zero-order valence-electron chi connectivity index (χ0n) is 12.8. The van der Waals surface area contributed by atoms with Crippen molar-refractivity contribution in [3.8, 4) is 17.2 Å². The van der Waals surface area contributed by atoms with Crippen molar-refractivity contribution in [1.82, 2.24) is 0 Å². The van der Waals surface area contributed by atoms with Gasteiger partial charge in [-0.05, 0) is 48.4 Å². The maximum absolute atomic E-state index is 12.8. The summed E-state index contributed by atoms with van der Waals surface area (Å²) in [5.41, 5.74) is 0.902. The first kappa shape index (κ1) is 17.3. The molecule has 2 rings (SSSR count). The third-order valence-corrected chi connectivity index (χ3v) is 3.93. The molecule has 0 aliphatic rings. The Kier molecular flexibility index (Phi) is 5.98. The Labute approximate surface area is 142 Å². The van der Waals surface area contributed by atoms with E-state index in [4.69, 9.17) is 14.2 Å². The Morgan fingerprint density at radius 2 is 1.70 bits per heavy atom. The van der Waals surface area contributed by atoms with E-state index in [-0.39, 0.29) is 12.2 Å². The summed E-state index contributed by atoms with van der Waals surface area (Å²) in [5.74, 6) is 0.759. The van der Waals surface area contributed by atoms with Gasteiger partial charge in [0.1, 0.15) is 11.6 Å². The Bertz CT molecular complexity index is 686. The van der Waals surface area contributed by atoms with Gasteiger partial charge in [-0.1, -0.05) is 15.9 Å². The quantitative estimate of drug-likeness (QED) is 0.556. The fourth-order valence-electron chi connectivity index (χ4n) is 2.01. The van der Waals surface area contributed by atoms with E-state index >= 15 is 0 Å². The van der Waals surface area contributed by atoms with E-state index in [1.54, 1.807) is 20.3 Å². The van der Waals surface area contributed by atoms with Crippen LogP contribution in [0.4, 0.5) is 4.39 Å². The molecule has 2 aromatic rings. The van der Waals surface area contributed by atoms with Crippen LogP contribution in [0.3, 0.4) is 0 Å². The number of carbonyl (C=O) groups excluding carboxylic acids is 1. The van der Waals surface area contributed by atoms with E-state index in [1.165, 1.54) is 24.3 Å². The number of esters is 1. The number of hydrogen-bond donors (Lipinski definition) is 0. The van der Waals surface area contributed by atoms with Crippen LogP contribution in [0.5, 0.6) is 17.2 Å². The van der Waals surface area contributed by atoms with Crippen LogP contribution in [-0.2, 0) is 11.2 Å². The summed E-state index contributed by atoms with van der Waals surface area (Å²) in [4.78, 5) is 11.9. The summed E-state index contributed by atoms with van der Waals surface area (Å²) in [7, 11) is 3.11. The SMILES string of the molecule is COc1cc(Br)c(CCC(=O)Oc2ccc(F)cc2)cc1OC. The van der Waals surface area contributed by atoms with Crippen molar-refractivity contribution in [1.29, 1.82) is 0 Å². The zero-order valence-corrected chi connectivity index (χ0v) is 14.4. The Hall–Kier alpha value is -2.08. The number of halogens is 2. The molecule has 0 radical (unpaired) electrons.